The maximum atomic E-state index is 12.7. The number of hydrogen-bond acceptors (Lipinski definition) is 2. The maximum Gasteiger partial charge on any atom is 0.281 e. The Morgan fingerprint density at radius 3 is 2.50 bits per heavy atom. The fraction of sp³-hybridized carbons (Fsp3) is 0.0526. The number of rotatable bonds is 3. The average molecular weight is 355 g/mol. The molecule has 1 fully saturated rings. The Labute approximate surface area is 151 Å². The summed E-state index contributed by atoms with van der Waals surface area (Å²) in [6.07, 6.45) is 3.79. The second-order valence-electron chi connectivity index (χ2n) is 5.38. The Hall–Kier alpha value is -2.43. The number of thiocarbonyl (C=S) groups is 1. The van der Waals surface area contributed by atoms with Crippen molar-refractivity contribution < 1.29 is 4.79 Å². The Morgan fingerprint density at radius 2 is 1.79 bits per heavy atom. The molecular weight excluding hydrogens is 340 g/mol. The van der Waals surface area contributed by atoms with E-state index in [2.05, 4.69) is 5.32 Å². The van der Waals surface area contributed by atoms with E-state index in [9.17, 15) is 4.79 Å². The monoisotopic (exact) mass is 354 g/mol. The summed E-state index contributed by atoms with van der Waals surface area (Å²) in [6, 6.07) is 17.1. The van der Waals surface area contributed by atoms with Crippen LogP contribution in [0.15, 0.2) is 71.9 Å². The first-order chi connectivity index (χ1) is 11.6. The molecule has 5 heteroatoms. The smallest absolute Gasteiger partial charge is 0.281 e. The second kappa shape index (κ2) is 6.99. The van der Waals surface area contributed by atoms with Crippen LogP contribution in [0.1, 0.15) is 12.5 Å². The molecule has 0 spiro atoms. The molecule has 0 unspecified atom stereocenters. The van der Waals surface area contributed by atoms with Crippen molar-refractivity contribution in [2.24, 2.45) is 0 Å². The van der Waals surface area contributed by atoms with E-state index in [4.69, 9.17) is 23.8 Å². The highest BCUT2D eigenvalue weighted by atomic mass is 35.5. The summed E-state index contributed by atoms with van der Waals surface area (Å²) in [7, 11) is 0. The molecule has 1 N–H and O–H groups in total. The van der Waals surface area contributed by atoms with E-state index in [-0.39, 0.29) is 5.91 Å². The van der Waals surface area contributed by atoms with Gasteiger partial charge in [0.25, 0.3) is 5.91 Å². The number of carbonyl (C=O) groups excluding carboxylic acids is 1. The van der Waals surface area contributed by atoms with Gasteiger partial charge < -0.3 is 5.32 Å². The lowest BCUT2D eigenvalue weighted by Crippen LogP contribution is -2.30. The summed E-state index contributed by atoms with van der Waals surface area (Å²) in [6.45, 7) is 1.94. The largest absolute Gasteiger partial charge is 0.327 e. The number of carbonyl (C=O) groups is 1. The van der Waals surface area contributed by atoms with Crippen molar-refractivity contribution in [3.05, 3.63) is 82.5 Å². The van der Waals surface area contributed by atoms with Crippen molar-refractivity contribution in [1.29, 1.82) is 0 Å². The van der Waals surface area contributed by atoms with Gasteiger partial charge in [0.2, 0.25) is 0 Å². The van der Waals surface area contributed by atoms with Crippen molar-refractivity contribution in [1.82, 2.24) is 5.32 Å². The van der Waals surface area contributed by atoms with Crippen LogP contribution >= 0.6 is 23.8 Å². The summed E-state index contributed by atoms with van der Waals surface area (Å²) in [5.41, 5.74) is 3.03. The van der Waals surface area contributed by atoms with Crippen LogP contribution in [0.2, 0.25) is 5.02 Å². The first-order valence-corrected chi connectivity index (χ1v) is 8.20. The number of benzene rings is 2. The first kappa shape index (κ1) is 16.4. The van der Waals surface area contributed by atoms with E-state index in [0.717, 1.165) is 11.1 Å². The van der Waals surface area contributed by atoms with Gasteiger partial charge in [-0.25, -0.2) is 0 Å². The van der Waals surface area contributed by atoms with Gasteiger partial charge in [0, 0.05) is 0 Å². The highest BCUT2D eigenvalue weighted by Crippen LogP contribution is 2.29. The fourth-order valence-corrected chi connectivity index (χ4v) is 2.98. The number of hydrogen-bond donors (Lipinski definition) is 1. The van der Waals surface area contributed by atoms with Gasteiger partial charge in [0.15, 0.2) is 5.11 Å². The number of allylic oxidation sites excluding steroid dienone is 2. The topological polar surface area (TPSA) is 32.3 Å². The second-order valence-corrected chi connectivity index (χ2v) is 6.17. The molecule has 3 nitrogen and oxygen atoms in total. The van der Waals surface area contributed by atoms with Gasteiger partial charge in [-0.3, -0.25) is 9.69 Å². The van der Waals surface area contributed by atoms with Crippen molar-refractivity contribution in [2.45, 2.75) is 6.92 Å². The number of para-hydroxylation sites is 1. The normalized spacial score (nSPS) is 16.7. The van der Waals surface area contributed by atoms with E-state index in [1.807, 2.05) is 55.5 Å². The zero-order chi connectivity index (χ0) is 17.1. The molecule has 0 bridgehead atoms. The van der Waals surface area contributed by atoms with Gasteiger partial charge in [-0.2, -0.15) is 0 Å². The zero-order valence-electron chi connectivity index (χ0n) is 13.0. The van der Waals surface area contributed by atoms with Crippen molar-refractivity contribution >= 4 is 46.6 Å². The third kappa shape index (κ3) is 3.40. The molecule has 1 heterocycles. The van der Waals surface area contributed by atoms with Crippen LogP contribution in [0.4, 0.5) is 5.69 Å². The number of amides is 1. The van der Waals surface area contributed by atoms with Crippen LogP contribution in [0.5, 0.6) is 0 Å². The highest BCUT2D eigenvalue weighted by Gasteiger charge is 2.32. The number of halogens is 1. The molecule has 1 amide bonds. The zero-order valence-corrected chi connectivity index (χ0v) is 14.6. The van der Waals surface area contributed by atoms with Crippen molar-refractivity contribution in [3.8, 4) is 0 Å². The minimum Gasteiger partial charge on any atom is -0.327 e. The van der Waals surface area contributed by atoms with Gasteiger partial charge in [0.05, 0.1) is 10.7 Å². The molecule has 2 aromatic rings. The third-order valence-corrected chi connectivity index (χ3v) is 4.14. The van der Waals surface area contributed by atoms with Crippen LogP contribution in [-0.2, 0) is 4.79 Å². The minimum atomic E-state index is -0.214. The summed E-state index contributed by atoms with van der Waals surface area (Å²) in [4.78, 5) is 14.1. The number of nitrogens with one attached hydrogen (secondary N) is 1. The van der Waals surface area contributed by atoms with Crippen LogP contribution in [0.25, 0.3) is 6.08 Å². The average Bonchev–Trinajstić information content (AvgIpc) is 2.83. The molecule has 1 aliphatic heterocycles. The SMILES string of the molecule is CC(/C=C1\NC(=S)N(c2ccccc2Cl)C1=O)=C\c1ccccc1. The van der Waals surface area contributed by atoms with Crippen molar-refractivity contribution in [3.63, 3.8) is 0 Å². The third-order valence-electron chi connectivity index (χ3n) is 3.54. The molecule has 1 aliphatic rings. The van der Waals surface area contributed by atoms with Gasteiger partial charge in [-0.1, -0.05) is 60.1 Å². The fourth-order valence-electron chi connectivity index (χ4n) is 2.47. The summed E-state index contributed by atoms with van der Waals surface area (Å²) >= 11 is 11.5. The molecule has 0 atom stereocenters. The molecule has 1 saturated heterocycles. The molecule has 2 aromatic carbocycles. The molecule has 0 aliphatic carbocycles. The van der Waals surface area contributed by atoms with E-state index in [1.54, 1.807) is 18.2 Å². The Morgan fingerprint density at radius 1 is 1.12 bits per heavy atom. The molecule has 3 rings (SSSR count). The molecule has 0 aromatic heterocycles. The lowest BCUT2D eigenvalue weighted by atomic mass is 10.1. The molecule has 120 valence electrons. The molecule has 24 heavy (non-hydrogen) atoms. The van der Waals surface area contributed by atoms with Gasteiger partial charge >= 0.3 is 0 Å². The van der Waals surface area contributed by atoms with Crippen LogP contribution in [0.3, 0.4) is 0 Å². The van der Waals surface area contributed by atoms with Crippen LogP contribution < -0.4 is 10.2 Å². The Balaban J connectivity index is 1.89. The Bertz CT molecular complexity index is 859. The summed E-state index contributed by atoms with van der Waals surface area (Å²) < 4.78 is 0. The summed E-state index contributed by atoms with van der Waals surface area (Å²) in [5, 5.41) is 3.77. The van der Waals surface area contributed by atoms with Gasteiger partial charge in [-0.15, -0.1) is 0 Å². The van der Waals surface area contributed by atoms with Crippen LogP contribution in [0, 0.1) is 0 Å². The van der Waals surface area contributed by atoms with Gasteiger partial charge in [0.1, 0.15) is 5.70 Å². The minimum absolute atomic E-state index is 0.214. The molecular formula is C19H15ClN2OS. The highest BCUT2D eigenvalue weighted by molar-refractivity contribution is 7.80. The predicted molar refractivity (Wildman–Crippen MR) is 103 cm³/mol. The lowest BCUT2D eigenvalue weighted by molar-refractivity contribution is -0.113. The van der Waals surface area contributed by atoms with E-state index < -0.39 is 0 Å². The van der Waals surface area contributed by atoms with Crippen molar-refractivity contribution in [2.75, 3.05) is 4.90 Å². The standard InChI is InChI=1S/C19H15ClN2OS/c1-13(11-14-7-3-2-4-8-14)12-16-18(23)22(19(24)21-16)17-10-6-5-9-15(17)20/h2-12H,1H3,(H,21,24)/b13-11+,16-12-. The molecule has 0 saturated carbocycles. The maximum absolute atomic E-state index is 12.7. The lowest BCUT2D eigenvalue weighted by Gasteiger charge is -2.15. The summed E-state index contributed by atoms with van der Waals surface area (Å²) in [5.74, 6) is -0.214. The van der Waals surface area contributed by atoms with Crippen LogP contribution in [-0.4, -0.2) is 11.0 Å². The quantitative estimate of drug-likeness (QED) is 0.648. The van der Waals surface area contributed by atoms with E-state index in [0.29, 0.717) is 21.5 Å². The number of anilines is 1. The predicted octanol–water partition coefficient (Wildman–Crippen LogP) is 4.55. The number of nitrogens with zero attached hydrogens (tertiary/aromatic N) is 1. The van der Waals surface area contributed by atoms with E-state index in [1.165, 1.54) is 4.90 Å². The molecule has 0 radical (unpaired) electrons. The first-order valence-electron chi connectivity index (χ1n) is 7.41. The Kier molecular flexibility index (Phi) is 4.79. The van der Waals surface area contributed by atoms with E-state index >= 15 is 0 Å². The van der Waals surface area contributed by atoms with Gasteiger partial charge in [-0.05, 0) is 48.5 Å².